The van der Waals surface area contributed by atoms with Gasteiger partial charge in [0.15, 0.2) is 0 Å². The van der Waals surface area contributed by atoms with Crippen molar-refractivity contribution in [2.45, 2.75) is 44.2 Å². The Hall–Kier alpha value is -1.35. The van der Waals surface area contributed by atoms with Gasteiger partial charge in [0.05, 0.1) is 6.10 Å². The second-order valence-electron chi connectivity index (χ2n) is 5.74. The number of carbonyl (C=O) groups excluding carboxylic acids is 1. The van der Waals surface area contributed by atoms with Crippen molar-refractivity contribution in [1.29, 1.82) is 0 Å². The van der Waals surface area contributed by atoms with Gasteiger partial charge in [0.2, 0.25) is 0 Å². The van der Waals surface area contributed by atoms with Crippen LogP contribution in [0.2, 0.25) is 0 Å². The Morgan fingerprint density at radius 2 is 1.84 bits per heavy atom. The lowest BCUT2D eigenvalue weighted by Crippen LogP contribution is -2.54. The van der Waals surface area contributed by atoms with E-state index in [1.165, 1.54) is 12.8 Å². The molecule has 1 aromatic carbocycles. The number of aliphatic hydroxyl groups excluding tert-OH is 1. The van der Waals surface area contributed by atoms with Crippen molar-refractivity contribution in [3.05, 3.63) is 35.9 Å². The van der Waals surface area contributed by atoms with Crippen molar-refractivity contribution in [3.8, 4) is 0 Å². The average molecular weight is 259 g/mol. The van der Waals surface area contributed by atoms with E-state index in [-0.39, 0.29) is 24.0 Å². The first-order valence-corrected chi connectivity index (χ1v) is 7.31. The Labute approximate surface area is 114 Å². The van der Waals surface area contributed by atoms with Crippen LogP contribution in [0.1, 0.15) is 42.5 Å². The molecule has 1 aliphatic carbocycles. The molecule has 3 atom stereocenters. The second kappa shape index (κ2) is 5.33. The fourth-order valence-electron chi connectivity index (χ4n) is 3.63. The summed E-state index contributed by atoms with van der Waals surface area (Å²) in [5.41, 5.74) is 0.767. The van der Waals surface area contributed by atoms with Crippen molar-refractivity contribution >= 4 is 5.91 Å². The molecule has 3 heteroatoms. The molecule has 3 nitrogen and oxygen atoms in total. The molecule has 1 amide bonds. The summed E-state index contributed by atoms with van der Waals surface area (Å²) in [4.78, 5) is 14.6. The molecule has 1 N–H and O–H groups in total. The minimum absolute atomic E-state index is 0.129. The Kier molecular flexibility index (Phi) is 3.56. The maximum absolute atomic E-state index is 12.6. The summed E-state index contributed by atoms with van der Waals surface area (Å²) in [7, 11) is 0. The van der Waals surface area contributed by atoms with Gasteiger partial charge in [-0.1, -0.05) is 31.0 Å². The van der Waals surface area contributed by atoms with Crippen molar-refractivity contribution in [2.75, 3.05) is 6.54 Å². The van der Waals surface area contributed by atoms with Crippen LogP contribution in [-0.2, 0) is 0 Å². The largest absolute Gasteiger partial charge is 0.393 e. The van der Waals surface area contributed by atoms with Crippen molar-refractivity contribution in [2.24, 2.45) is 5.92 Å². The first kappa shape index (κ1) is 12.7. The molecule has 1 saturated heterocycles. The zero-order valence-corrected chi connectivity index (χ0v) is 11.2. The minimum Gasteiger partial charge on any atom is -0.393 e. The quantitative estimate of drug-likeness (QED) is 0.841. The van der Waals surface area contributed by atoms with Crippen molar-refractivity contribution < 1.29 is 9.90 Å². The van der Waals surface area contributed by atoms with Crippen LogP contribution in [0.25, 0.3) is 0 Å². The molecule has 1 aliphatic heterocycles. The Balaban J connectivity index is 1.82. The predicted octanol–water partition coefficient (Wildman–Crippen LogP) is 2.45. The number of rotatable bonds is 1. The summed E-state index contributed by atoms with van der Waals surface area (Å²) in [6.07, 6.45) is 4.97. The number of fused-ring (bicyclic) bond motifs is 1. The highest BCUT2D eigenvalue weighted by Gasteiger charge is 2.40. The number of hydrogen-bond acceptors (Lipinski definition) is 2. The van der Waals surface area contributed by atoms with E-state index >= 15 is 0 Å². The monoisotopic (exact) mass is 259 g/mol. The van der Waals surface area contributed by atoms with Crippen molar-refractivity contribution in [1.82, 2.24) is 4.90 Å². The molecular weight excluding hydrogens is 238 g/mol. The first-order valence-electron chi connectivity index (χ1n) is 7.31. The number of aliphatic hydroxyl groups is 1. The molecule has 0 radical (unpaired) electrons. The fourth-order valence-corrected chi connectivity index (χ4v) is 3.63. The van der Waals surface area contributed by atoms with E-state index in [0.717, 1.165) is 24.8 Å². The average Bonchev–Trinajstić information content (AvgIpc) is 2.48. The second-order valence-corrected chi connectivity index (χ2v) is 5.74. The number of benzene rings is 1. The summed E-state index contributed by atoms with van der Waals surface area (Å²) in [5, 5.41) is 10.1. The van der Waals surface area contributed by atoms with Gasteiger partial charge in [-0.15, -0.1) is 0 Å². The minimum atomic E-state index is -0.217. The van der Waals surface area contributed by atoms with Crippen LogP contribution in [0.5, 0.6) is 0 Å². The molecule has 2 fully saturated rings. The Bertz CT molecular complexity index is 445. The van der Waals surface area contributed by atoms with Gasteiger partial charge >= 0.3 is 0 Å². The highest BCUT2D eigenvalue weighted by molar-refractivity contribution is 5.94. The summed E-state index contributed by atoms with van der Waals surface area (Å²) >= 11 is 0. The highest BCUT2D eigenvalue weighted by atomic mass is 16.3. The van der Waals surface area contributed by atoms with Crippen LogP contribution >= 0.6 is 0 Å². The van der Waals surface area contributed by atoms with Crippen molar-refractivity contribution in [3.63, 3.8) is 0 Å². The smallest absolute Gasteiger partial charge is 0.254 e. The molecule has 1 heterocycles. The van der Waals surface area contributed by atoms with E-state index in [4.69, 9.17) is 0 Å². The molecular formula is C16H21NO2. The predicted molar refractivity (Wildman–Crippen MR) is 73.8 cm³/mol. The number of piperidine rings is 1. The lowest BCUT2D eigenvalue weighted by molar-refractivity contribution is -0.0262. The van der Waals surface area contributed by atoms with Crippen LogP contribution in [0.4, 0.5) is 0 Å². The maximum Gasteiger partial charge on any atom is 0.254 e. The SMILES string of the molecule is O=C(c1ccccc1)N1CC[C@@H](O)[C@@H]2CCCC[C@H]21. The lowest BCUT2D eigenvalue weighted by atomic mass is 9.76. The third-order valence-corrected chi connectivity index (χ3v) is 4.62. The first-order chi connectivity index (χ1) is 9.27. The number of amides is 1. The summed E-state index contributed by atoms with van der Waals surface area (Å²) < 4.78 is 0. The number of nitrogens with zero attached hydrogens (tertiary/aromatic N) is 1. The summed E-state index contributed by atoms with van der Waals surface area (Å²) in [6.45, 7) is 0.691. The zero-order chi connectivity index (χ0) is 13.2. The van der Waals surface area contributed by atoms with E-state index in [2.05, 4.69) is 0 Å². The van der Waals surface area contributed by atoms with Gasteiger partial charge in [-0.25, -0.2) is 0 Å². The van der Waals surface area contributed by atoms with E-state index in [1.54, 1.807) is 0 Å². The zero-order valence-electron chi connectivity index (χ0n) is 11.2. The van der Waals surface area contributed by atoms with Crippen LogP contribution in [0.15, 0.2) is 30.3 Å². The van der Waals surface area contributed by atoms with Gasteiger partial charge in [-0.3, -0.25) is 4.79 Å². The Morgan fingerprint density at radius 1 is 1.11 bits per heavy atom. The normalized spacial score (nSPS) is 30.8. The van der Waals surface area contributed by atoms with Gasteiger partial charge in [0.25, 0.3) is 5.91 Å². The van der Waals surface area contributed by atoms with E-state index < -0.39 is 0 Å². The molecule has 0 spiro atoms. The van der Waals surface area contributed by atoms with E-state index in [1.807, 2.05) is 35.2 Å². The van der Waals surface area contributed by atoms with Gasteiger partial charge in [-0.05, 0) is 31.4 Å². The lowest BCUT2D eigenvalue weighted by Gasteiger charge is -2.46. The highest BCUT2D eigenvalue weighted by Crippen LogP contribution is 2.36. The molecule has 19 heavy (non-hydrogen) atoms. The molecule has 0 bridgehead atoms. The molecule has 3 rings (SSSR count). The number of hydrogen-bond donors (Lipinski definition) is 1. The third kappa shape index (κ3) is 2.39. The standard InChI is InChI=1S/C16H21NO2/c18-15-10-11-17(14-9-5-4-8-13(14)15)16(19)12-6-2-1-3-7-12/h1-3,6-7,13-15,18H,4-5,8-11H2/t13-,14-,15-/m1/s1. The molecule has 0 unspecified atom stereocenters. The molecule has 102 valence electrons. The molecule has 1 aromatic rings. The molecule has 2 aliphatic rings. The topological polar surface area (TPSA) is 40.5 Å². The summed E-state index contributed by atoms with van der Waals surface area (Å²) in [5.74, 6) is 0.416. The van der Waals surface area contributed by atoms with E-state index in [0.29, 0.717) is 6.54 Å². The van der Waals surface area contributed by atoms with E-state index in [9.17, 15) is 9.90 Å². The molecule has 1 saturated carbocycles. The van der Waals surface area contributed by atoms with Gasteiger partial charge < -0.3 is 10.0 Å². The summed E-state index contributed by atoms with van der Waals surface area (Å²) in [6, 6.07) is 9.75. The van der Waals surface area contributed by atoms with Crippen LogP contribution in [0.3, 0.4) is 0 Å². The van der Waals surface area contributed by atoms with Crippen LogP contribution in [0, 0.1) is 5.92 Å². The molecule has 0 aromatic heterocycles. The van der Waals surface area contributed by atoms with Gasteiger partial charge in [-0.2, -0.15) is 0 Å². The maximum atomic E-state index is 12.6. The van der Waals surface area contributed by atoms with Crippen LogP contribution in [-0.4, -0.2) is 34.6 Å². The van der Waals surface area contributed by atoms with Gasteiger partial charge in [0, 0.05) is 24.1 Å². The number of carbonyl (C=O) groups is 1. The van der Waals surface area contributed by atoms with Crippen LogP contribution < -0.4 is 0 Å². The fraction of sp³-hybridized carbons (Fsp3) is 0.562. The third-order valence-electron chi connectivity index (χ3n) is 4.62. The number of likely N-dealkylation sites (tertiary alicyclic amines) is 1. The Morgan fingerprint density at radius 3 is 2.63 bits per heavy atom. The van der Waals surface area contributed by atoms with Gasteiger partial charge in [0.1, 0.15) is 0 Å².